The maximum atomic E-state index is 12.5. The molecule has 2 fully saturated rings. The van der Waals surface area contributed by atoms with Crippen LogP contribution in [0.5, 0.6) is 0 Å². The van der Waals surface area contributed by atoms with E-state index in [0.717, 1.165) is 18.4 Å². The van der Waals surface area contributed by atoms with Crippen LogP contribution in [0.4, 0.5) is 0 Å². The summed E-state index contributed by atoms with van der Waals surface area (Å²) in [5.74, 6) is 0.647. The Balaban J connectivity index is 1.53. The van der Waals surface area contributed by atoms with E-state index >= 15 is 0 Å². The minimum absolute atomic E-state index is 0.0638. The van der Waals surface area contributed by atoms with Gasteiger partial charge in [-0.15, -0.1) is 0 Å². The Hall–Kier alpha value is -1.84. The summed E-state index contributed by atoms with van der Waals surface area (Å²) in [5, 5.41) is 3.19. The minimum Gasteiger partial charge on any atom is -0.353 e. The molecular weight excluding hydrogens is 300 g/mol. The molecule has 1 aliphatic carbocycles. The molecule has 4 nitrogen and oxygen atoms in total. The number of hydrogen-bond acceptors (Lipinski definition) is 2. The third-order valence-corrected chi connectivity index (χ3v) is 5.36. The summed E-state index contributed by atoms with van der Waals surface area (Å²) in [4.78, 5) is 26.6. The van der Waals surface area contributed by atoms with E-state index in [1.165, 1.54) is 18.4 Å². The number of rotatable bonds is 4. The van der Waals surface area contributed by atoms with Crippen LogP contribution in [0.1, 0.15) is 50.2 Å². The fourth-order valence-corrected chi connectivity index (χ4v) is 3.90. The Kier molecular flexibility index (Phi) is 5.22. The number of nitrogens with one attached hydrogen (secondary N) is 1. The van der Waals surface area contributed by atoms with Gasteiger partial charge in [0, 0.05) is 25.6 Å². The molecule has 0 spiro atoms. The fraction of sp³-hybridized carbons (Fsp3) is 0.600. The predicted molar refractivity (Wildman–Crippen MR) is 94.3 cm³/mol. The van der Waals surface area contributed by atoms with Gasteiger partial charge in [-0.25, -0.2) is 0 Å². The van der Waals surface area contributed by atoms with E-state index < -0.39 is 0 Å². The first-order valence-electron chi connectivity index (χ1n) is 9.15. The molecule has 1 aromatic carbocycles. The second kappa shape index (κ2) is 7.37. The maximum Gasteiger partial charge on any atom is 0.225 e. The average molecular weight is 328 g/mol. The Labute approximate surface area is 144 Å². The predicted octanol–water partition coefficient (Wildman–Crippen LogP) is 3.04. The standard InChI is InChI=1S/C20H28N2O2/c1-14-6-8-16(9-7-14)12-22-13-17(11-19(22)23)20(24)21-18-5-3-4-15(2)10-18/h6-9,15,17-18H,3-5,10-13H2,1-2H3,(H,21,24). The zero-order chi connectivity index (χ0) is 17.1. The summed E-state index contributed by atoms with van der Waals surface area (Å²) >= 11 is 0. The van der Waals surface area contributed by atoms with Crippen LogP contribution in [0.15, 0.2) is 24.3 Å². The largest absolute Gasteiger partial charge is 0.353 e. The van der Waals surface area contributed by atoms with Crippen molar-refractivity contribution < 1.29 is 9.59 Å². The zero-order valence-electron chi connectivity index (χ0n) is 14.8. The number of nitrogens with zero attached hydrogens (tertiary/aromatic N) is 1. The highest BCUT2D eigenvalue weighted by molar-refractivity contribution is 5.89. The number of likely N-dealkylation sites (tertiary alicyclic amines) is 1. The van der Waals surface area contributed by atoms with Gasteiger partial charge >= 0.3 is 0 Å². The Morgan fingerprint density at radius 2 is 2.00 bits per heavy atom. The van der Waals surface area contributed by atoms with E-state index in [2.05, 4.69) is 43.4 Å². The molecule has 1 aromatic rings. The minimum atomic E-state index is -0.194. The Bertz CT molecular complexity index is 596. The van der Waals surface area contributed by atoms with Crippen LogP contribution in [0, 0.1) is 18.8 Å². The summed E-state index contributed by atoms with van der Waals surface area (Å²) in [6, 6.07) is 8.52. The molecule has 1 aliphatic heterocycles. The van der Waals surface area contributed by atoms with Crippen molar-refractivity contribution in [1.82, 2.24) is 10.2 Å². The lowest BCUT2D eigenvalue weighted by atomic mass is 9.87. The van der Waals surface area contributed by atoms with E-state index in [9.17, 15) is 9.59 Å². The van der Waals surface area contributed by atoms with Gasteiger partial charge in [0.2, 0.25) is 11.8 Å². The smallest absolute Gasteiger partial charge is 0.225 e. The number of carbonyl (C=O) groups excluding carboxylic acids is 2. The van der Waals surface area contributed by atoms with Gasteiger partial charge in [0.05, 0.1) is 5.92 Å². The van der Waals surface area contributed by atoms with Gasteiger partial charge in [0.15, 0.2) is 0 Å². The first kappa shape index (κ1) is 17.0. The van der Waals surface area contributed by atoms with Crippen molar-refractivity contribution >= 4 is 11.8 Å². The number of amides is 2. The van der Waals surface area contributed by atoms with Crippen LogP contribution in [0.25, 0.3) is 0 Å². The third kappa shape index (κ3) is 4.16. The Morgan fingerprint density at radius 1 is 1.25 bits per heavy atom. The van der Waals surface area contributed by atoms with Crippen molar-refractivity contribution in [2.45, 2.75) is 58.5 Å². The van der Waals surface area contributed by atoms with Crippen LogP contribution in [-0.4, -0.2) is 29.3 Å². The first-order valence-corrected chi connectivity index (χ1v) is 9.15. The maximum absolute atomic E-state index is 12.5. The highest BCUT2D eigenvalue weighted by Crippen LogP contribution is 2.25. The second-order valence-electron chi connectivity index (χ2n) is 7.64. The highest BCUT2D eigenvalue weighted by atomic mass is 16.2. The fourth-order valence-electron chi connectivity index (χ4n) is 3.90. The number of carbonyl (C=O) groups is 2. The van der Waals surface area contributed by atoms with Gasteiger partial charge in [-0.1, -0.05) is 49.6 Å². The molecule has 3 unspecified atom stereocenters. The van der Waals surface area contributed by atoms with Crippen molar-refractivity contribution in [3.63, 3.8) is 0 Å². The van der Waals surface area contributed by atoms with E-state index in [0.29, 0.717) is 31.5 Å². The lowest BCUT2D eigenvalue weighted by Crippen LogP contribution is -2.41. The van der Waals surface area contributed by atoms with E-state index in [4.69, 9.17) is 0 Å². The molecule has 4 heteroatoms. The molecule has 2 aliphatic rings. The van der Waals surface area contributed by atoms with Crippen molar-refractivity contribution in [3.8, 4) is 0 Å². The number of hydrogen-bond donors (Lipinski definition) is 1. The highest BCUT2D eigenvalue weighted by Gasteiger charge is 2.35. The quantitative estimate of drug-likeness (QED) is 0.923. The van der Waals surface area contributed by atoms with Gasteiger partial charge in [-0.05, 0) is 31.2 Å². The molecule has 0 aromatic heterocycles. The number of benzene rings is 1. The second-order valence-corrected chi connectivity index (χ2v) is 7.64. The van der Waals surface area contributed by atoms with E-state index in [1.807, 2.05) is 4.90 Å². The molecule has 2 amide bonds. The molecule has 130 valence electrons. The summed E-state index contributed by atoms with van der Waals surface area (Å²) < 4.78 is 0. The molecule has 3 rings (SSSR count). The van der Waals surface area contributed by atoms with Gasteiger partial charge in [-0.2, -0.15) is 0 Å². The molecule has 1 heterocycles. The normalized spacial score (nSPS) is 27.3. The molecule has 1 saturated carbocycles. The van der Waals surface area contributed by atoms with Crippen LogP contribution >= 0.6 is 0 Å². The zero-order valence-corrected chi connectivity index (χ0v) is 14.8. The van der Waals surface area contributed by atoms with Crippen molar-refractivity contribution in [3.05, 3.63) is 35.4 Å². The van der Waals surface area contributed by atoms with Crippen LogP contribution < -0.4 is 5.32 Å². The topological polar surface area (TPSA) is 49.4 Å². The molecule has 1 saturated heterocycles. The van der Waals surface area contributed by atoms with Crippen molar-refractivity contribution in [1.29, 1.82) is 0 Å². The number of aryl methyl sites for hydroxylation is 1. The molecule has 1 N–H and O–H groups in total. The van der Waals surface area contributed by atoms with Gasteiger partial charge < -0.3 is 10.2 Å². The van der Waals surface area contributed by atoms with Gasteiger partial charge in [-0.3, -0.25) is 9.59 Å². The SMILES string of the molecule is Cc1ccc(CN2CC(C(=O)NC3CCCC(C)C3)CC2=O)cc1. The average Bonchev–Trinajstić information content (AvgIpc) is 2.91. The lowest BCUT2D eigenvalue weighted by molar-refractivity contribution is -0.129. The van der Waals surface area contributed by atoms with Crippen LogP contribution in [-0.2, 0) is 16.1 Å². The Morgan fingerprint density at radius 3 is 2.71 bits per heavy atom. The summed E-state index contributed by atoms with van der Waals surface area (Å²) in [6.07, 6.45) is 4.94. The van der Waals surface area contributed by atoms with Gasteiger partial charge in [0.25, 0.3) is 0 Å². The summed E-state index contributed by atoms with van der Waals surface area (Å²) in [6.45, 7) is 5.45. The van der Waals surface area contributed by atoms with Gasteiger partial charge in [0.1, 0.15) is 0 Å². The summed E-state index contributed by atoms with van der Waals surface area (Å²) in [5.41, 5.74) is 2.33. The molecule has 3 atom stereocenters. The summed E-state index contributed by atoms with van der Waals surface area (Å²) in [7, 11) is 0. The third-order valence-electron chi connectivity index (χ3n) is 5.36. The molecule has 0 bridgehead atoms. The van der Waals surface area contributed by atoms with E-state index in [-0.39, 0.29) is 17.7 Å². The van der Waals surface area contributed by atoms with Crippen molar-refractivity contribution in [2.24, 2.45) is 11.8 Å². The van der Waals surface area contributed by atoms with E-state index in [1.54, 1.807) is 0 Å². The van der Waals surface area contributed by atoms with Crippen LogP contribution in [0.2, 0.25) is 0 Å². The molecular formula is C20H28N2O2. The lowest BCUT2D eigenvalue weighted by Gasteiger charge is -2.28. The van der Waals surface area contributed by atoms with Crippen molar-refractivity contribution in [2.75, 3.05) is 6.54 Å². The molecule has 0 radical (unpaired) electrons. The molecule has 24 heavy (non-hydrogen) atoms. The van der Waals surface area contributed by atoms with Crippen LogP contribution in [0.3, 0.4) is 0 Å². The monoisotopic (exact) mass is 328 g/mol. The first-order chi connectivity index (χ1) is 11.5.